The Morgan fingerprint density at radius 3 is 2.59 bits per heavy atom. The molecular formula is C13H16ClN3. The normalized spacial score (nSPS) is 12.6. The van der Waals surface area contributed by atoms with Crippen molar-refractivity contribution in [3.8, 4) is 0 Å². The van der Waals surface area contributed by atoms with E-state index in [9.17, 15) is 0 Å². The summed E-state index contributed by atoms with van der Waals surface area (Å²) >= 11 is 6.06. The van der Waals surface area contributed by atoms with Crippen LogP contribution in [0.2, 0.25) is 5.02 Å². The molecule has 0 aliphatic heterocycles. The number of nitrogens with one attached hydrogen (secondary N) is 1. The summed E-state index contributed by atoms with van der Waals surface area (Å²) in [7, 11) is 1.94. The highest BCUT2D eigenvalue weighted by Crippen LogP contribution is 2.21. The van der Waals surface area contributed by atoms with Gasteiger partial charge >= 0.3 is 0 Å². The van der Waals surface area contributed by atoms with Crippen LogP contribution in [0.5, 0.6) is 0 Å². The number of aromatic nitrogens is 2. The van der Waals surface area contributed by atoms with Gasteiger partial charge < -0.3 is 5.32 Å². The summed E-state index contributed by atoms with van der Waals surface area (Å²) in [5.74, 6) is 0. The van der Waals surface area contributed by atoms with Gasteiger partial charge in [-0.15, -0.1) is 0 Å². The van der Waals surface area contributed by atoms with Crippen LogP contribution in [0.25, 0.3) is 0 Å². The van der Waals surface area contributed by atoms with Crippen molar-refractivity contribution in [3.63, 3.8) is 0 Å². The third-order valence-electron chi connectivity index (χ3n) is 2.76. The molecule has 0 spiro atoms. The van der Waals surface area contributed by atoms with Crippen LogP contribution in [0.15, 0.2) is 36.5 Å². The summed E-state index contributed by atoms with van der Waals surface area (Å²) in [4.78, 5) is 0. The van der Waals surface area contributed by atoms with E-state index in [1.807, 2.05) is 43.0 Å². The molecule has 0 aliphatic carbocycles. The number of aryl methyl sites for hydroxylation is 1. The molecule has 0 fully saturated rings. The Morgan fingerprint density at radius 1 is 1.35 bits per heavy atom. The van der Waals surface area contributed by atoms with Gasteiger partial charge in [0.15, 0.2) is 0 Å². The largest absolute Gasteiger partial charge is 0.317 e. The monoisotopic (exact) mass is 249 g/mol. The molecule has 1 N–H and O–H groups in total. The number of hydrogen-bond donors (Lipinski definition) is 1. The van der Waals surface area contributed by atoms with E-state index in [1.54, 1.807) is 0 Å². The van der Waals surface area contributed by atoms with Gasteiger partial charge in [0.2, 0.25) is 0 Å². The molecule has 90 valence electrons. The first-order chi connectivity index (χ1) is 8.22. The van der Waals surface area contributed by atoms with Crippen LogP contribution in [-0.2, 0) is 0 Å². The Bertz CT molecular complexity index is 459. The van der Waals surface area contributed by atoms with Crippen molar-refractivity contribution in [2.75, 3.05) is 13.6 Å². The number of nitrogens with zero attached hydrogens (tertiary/aromatic N) is 2. The molecule has 1 atom stereocenters. The van der Waals surface area contributed by atoms with E-state index >= 15 is 0 Å². The minimum Gasteiger partial charge on any atom is -0.317 e. The van der Waals surface area contributed by atoms with E-state index in [-0.39, 0.29) is 6.04 Å². The Morgan fingerprint density at radius 2 is 2.06 bits per heavy atom. The molecule has 1 unspecified atom stereocenters. The van der Waals surface area contributed by atoms with Crippen molar-refractivity contribution in [3.05, 3.63) is 52.8 Å². The Labute approximate surface area is 106 Å². The van der Waals surface area contributed by atoms with Crippen LogP contribution in [0, 0.1) is 6.92 Å². The summed E-state index contributed by atoms with van der Waals surface area (Å²) in [6, 6.07) is 10.5. The quantitative estimate of drug-likeness (QED) is 0.903. The lowest BCUT2D eigenvalue weighted by atomic mass is 10.1. The summed E-state index contributed by atoms with van der Waals surface area (Å²) in [6.07, 6.45) is 1.88. The molecule has 0 amide bonds. The van der Waals surface area contributed by atoms with Crippen molar-refractivity contribution >= 4 is 11.6 Å². The molecule has 4 heteroatoms. The molecule has 0 aliphatic rings. The molecule has 0 bridgehead atoms. The van der Waals surface area contributed by atoms with Crippen molar-refractivity contribution < 1.29 is 0 Å². The van der Waals surface area contributed by atoms with Gasteiger partial charge in [-0.05, 0) is 19.5 Å². The van der Waals surface area contributed by atoms with E-state index in [1.165, 1.54) is 5.56 Å². The first kappa shape index (κ1) is 12.1. The van der Waals surface area contributed by atoms with Gasteiger partial charge in [-0.3, -0.25) is 4.68 Å². The van der Waals surface area contributed by atoms with Gasteiger partial charge in [-0.2, -0.15) is 5.10 Å². The fourth-order valence-electron chi connectivity index (χ4n) is 1.85. The number of rotatable bonds is 4. The average Bonchev–Trinajstić information content (AvgIpc) is 2.67. The van der Waals surface area contributed by atoms with E-state index in [0.29, 0.717) is 5.02 Å². The average molecular weight is 250 g/mol. The molecule has 0 radical (unpaired) electrons. The highest BCUT2D eigenvalue weighted by atomic mass is 35.5. The van der Waals surface area contributed by atoms with Crippen molar-refractivity contribution in [1.29, 1.82) is 0 Å². The van der Waals surface area contributed by atoms with E-state index in [2.05, 4.69) is 22.5 Å². The fraction of sp³-hybridized carbons (Fsp3) is 0.308. The standard InChI is InChI=1S/C13H16ClN3/c1-10-12(14)9-17(16-10)13(8-15-2)11-6-4-3-5-7-11/h3-7,9,13,15H,8H2,1-2H3. The van der Waals surface area contributed by atoms with Gasteiger partial charge in [-0.25, -0.2) is 0 Å². The van der Waals surface area contributed by atoms with Gasteiger partial charge in [0.25, 0.3) is 0 Å². The molecule has 0 saturated carbocycles. The first-order valence-corrected chi connectivity index (χ1v) is 6.01. The van der Waals surface area contributed by atoms with E-state index in [4.69, 9.17) is 11.6 Å². The molecule has 17 heavy (non-hydrogen) atoms. The maximum Gasteiger partial charge on any atom is 0.0893 e. The second-order valence-electron chi connectivity index (χ2n) is 4.03. The van der Waals surface area contributed by atoms with Gasteiger partial charge in [0.05, 0.1) is 16.8 Å². The molecule has 3 nitrogen and oxygen atoms in total. The summed E-state index contributed by atoms with van der Waals surface area (Å²) in [5.41, 5.74) is 2.09. The zero-order chi connectivity index (χ0) is 12.3. The van der Waals surface area contributed by atoms with Gasteiger partial charge in [-0.1, -0.05) is 41.9 Å². The zero-order valence-corrected chi connectivity index (χ0v) is 10.8. The maximum atomic E-state index is 6.06. The van der Waals surface area contributed by atoms with E-state index < -0.39 is 0 Å². The predicted molar refractivity (Wildman–Crippen MR) is 70.5 cm³/mol. The number of benzene rings is 1. The number of hydrogen-bond acceptors (Lipinski definition) is 2. The molecule has 1 aromatic carbocycles. The fourth-order valence-corrected chi connectivity index (χ4v) is 1.99. The third kappa shape index (κ3) is 2.68. The van der Waals surface area contributed by atoms with Crippen LogP contribution in [0.4, 0.5) is 0 Å². The van der Waals surface area contributed by atoms with Gasteiger partial charge in [0, 0.05) is 12.7 Å². The summed E-state index contributed by atoms with van der Waals surface area (Å²) < 4.78 is 1.92. The zero-order valence-electron chi connectivity index (χ0n) is 10.0. The van der Waals surface area contributed by atoms with Gasteiger partial charge in [0.1, 0.15) is 0 Å². The highest BCUT2D eigenvalue weighted by Gasteiger charge is 2.14. The second-order valence-corrected chi connectivity index (χ2v) is 4.43. The Hall–Kier alpha value is -1.32. The van der Waals surface area contributed by atoms with Crippen molar-refractivity contribution in [2.24, 2.45) is 0 Å². The number of likely N-dealkylation sites (N-methyl/N-ethyl adjacent to an activating group) is 1. The van der Waals surface area contributed by atoms with Crippen molar-refractivity contribution in [2.45, 2.75) is 13.0 Å². The molecule has 1 heterocycles. The van der Waals surface area contributed by atoms with E-state index in [0.717, 1.165) is 12.2 Å². The lowest BCUT2D eigenvalue weighted by Gasteiger charge is -2.17. The summed E-state index contributed by atoms with van der Waals surface area (Å²) in [6.45, 7) is 2.74. The van der Waals surface area contributed by atoms with Crippen molar-refractivity contribution in [1.82, 2.24) is 15.1 Å². The second kappa shape index (κ2) is 5.34. The van der Waals surface area contributed by atoms with Crippen LogP contribution < -0.4 is 5.32 Å². The minimum absolute atomic E-state index is 0.174. The van der Waals surface area contributed by atoms with Crippen LogP contribution in [0.3, 0.4) is 0 Å². The lowest BCUT2D eigenvalue weighted by Crippen LogP contribution is -2.23. The predicted octanol–water partition coefficient (Wildman–Crippen LogP) is 2.65. The SMILES string of the molecule is CNCC(c1ccccc1)n1cc(Cl)c(C)n1. The van der Waals surface area contributed by atoms with Crippen LogP contribution >= 0.6 is 11.6 Å². The maximum absolute atomic E-state index is 6.06. The Kier molecular flexibility index (Phi) is 3.82. The molecule has 2 aromatic rings. The smallest absolute Gasteiger partial charge is 0.0893 e. The molecule has 1 aromatic heterocycles. The first-order valence-electron chi connectivity index (χ1n) is 5.63. The molecule has 0 saturated heterocycles. The Balaban J connectivity index is 2.35. The molecule has 2 rings (SSSR count). The third-order valence-corrected chi connectivity index (χ3v) is 3.13. The lowest BCUT2D eigenvalue weighted by molar-refractivity contribution is 0.497. The highest BCUT2D eigenvalue weighted by molar-refractivity contribution is 6.31. The summed E-state index contributed by atoms with van der Waals surface area (Å²) in [5, 5.41) is 8.35. The minimum atomic E-state index is 0.174. The van der Waals surface area contributed by atoms with Crippen LogP contribution in [0.1, 0.15) is 17.3 Å². The topological polar surface area (TPSA) is 29.9 Å². The van der Waals surface area contributed by atoms with Crippen LogP contribution in [-0.4, -0.2) is 23.4 Å². The molecular weight excluding hydrogens is 234 g/mol. The number of halogens is 1.